The summed E-state index contributed by atoms with van der Waals surface area (Å²) < 4.78 is 29.1. The lowest BCUT2D eigenvalue weighted by Gasteiger charge is -2.34. The summed E-state index contributed by atoms with van der Waals surface area (Å²) in [6, 6.07) is 6.65. The van der Waals surface area contributed by atoms with Crippen molar-refractivity contribution >= 4 is 31.9 Å². The van der Waals surface area contributed by atoms with Crippen molar-refractivity contribution in [2.75, 3.05) is 26.2 Å². The van der Waals surface area contributed by atoms with Gasteiger partial charge in [-0.05, 0) is 18.2 Å². The lowest BCUT2D eigenvalue weighted by atomic mass is 10.3. The van der Waals surface area contributed by atoms with E-state index in [0.717, 1.165) is 4.47 Å². The summed E-state index contributed by atoms with van der Waals surface area (Å²) in [5.41, 5.74) is 0. The van der Waals surface area contributed by atoms with Gasteiger partial charge in [0, 0.05) is 37.1 Å². The monoisotopic (exact) mass is 427 g/mol. The van der Waals surface area contributed by atoms with Crippen LogP contribution < -0.4 is 0 Å². The Hall–Kier alpha value is -1.78. The number of carbonyl (C=O) groups excluding carboxylic acids is 1. The van der Waals surface area contributed by atoms with Crippen LogP contribution in [-0.4, -0.2) is 64.5 Å². The van der Waals surface area contributed by atoms with Crippen LogP contribution in [0.4, 0.5) is 0 Å². The van der Waals surface area contributed by atoms with E-state index >= 15 is 0 Å². The summed E-state index contributed by atoms with van der Waals surface area (Å²) in [6.07, 6.45) is 3.31. The van der Waals surface area contributed by atoms with E-state index in [1.165, 1.54) is 10.6 Å². The second-order valence-electron chi connectivity index (χ2n) is 5.65. The Balaban J connectivity index is 1.57. The largest absolute Gasteiger partial charge is 0.340 e. The molecule has 134 valence electrons. The Morgan fingerprint density at radius 2 is 1.96 bits per heavy atom. The fourth-order valence-electron chi connectivity index (χ4n) is 2.67. The Kier molecular flexibility index (Phi) is 5.50. The minimum atomic E-state index is -3.54. The van der Waals surface area contributed by atoms with Crippen molar-refractivity contribution in [2.45, 2.75) is 17.9 Å². The number of nitrogens with zero attached hydrogens (tertiary/aromatic N) is 5. The number of rotatable bonds is 5. The molecule has 0 aliphatic carbocycles. The van der Waals surface area contributed by atoms with Gasteiger partial charge in [-0.2, -0.15) is 9.40 Å². The molecule has 1 fully saturated rings. The normalized spacial score (nSPS) is 16.1. The van der Waals surface area contributed by atoms with E-state index < -0.39 is 10.0 Å². The molecule has 0 atom stereocenters. The Morgan fingerprint density at radius 3 is 2.60 bits per heavy atom. The van der Waals surface area contributed by atoms with Gasteiger partial charge >= 0.3 is 0 Å². The van der Waals surface area contributed by atoms with Gasteiger partial charge in [0.05, 0.1) is 11.4 Å². The lowest BCUT2D eigenvalue weighted by molar-refractivity contribution is -0.132. The number of carbonyl (C=O) groups is 1. The van der Waals surface area contributed by atoms with Crippen LogP contribution in [0.5, 0.6) is 0 Å². The number of sulfonamides is 1. The number of hydrogen-bond acceptors (Lipinski definition) is 5. The fourth-order valence-corrected chi connectivity index (χ4v) is 4.69. The van der Waals surface area contributed by atoms with Gasteiger partial charge in [0.1, 0.15) is 12.7 Å². The molecule has 0 bridgehead atoms. The van der Waals surface area contributed by atoms with Crippen LogP contribution in [-0.2, 0) is 21.4 Å². The SMILES string of the molecule is O=C(CCn1cncn1)N1CCN(S(=O)(=O)c2cccc(Br)c2)CC1. The molecule has 1 saturated heterocycles. The number of hydrogen-bond donors (Lipinski definition) is 0. The highest BCUT2D eigenvalue weighted by atomic mass is 79.9. The Morgan fingerprint density at radius 1 is 1.20 bits per heavy atom. The molecule has 0 unspecified atom stereocenters. The molecule has 1 aliphatic heterocycles. The Labute approximate surface area is 154 Å². The molecule has 1 aliphatic rings. The lowest BCUT2D eigenvalue weighted by Crippen LogP contribution is -2.50. The number of benzene rings is 1. The Bertz CT molecular complexity index is 833. The summed E-state index contributed by atoms with van der Waals surface area (Å²) >= 11 is 3.29. The molecule has 2 aromatic rings. The number of aromatic nitrogens is 3. The minimum absolute atomic E-state index is 0.00463. The first kappa shape index (κ1) is 18.0. The topological polar surface area (TPSA) is 88.4 Å². The van der Waals surface area contributed by atoms with Crippen LogP contribution in [0, 0.1) is 0 Å². The summed E-state index contributed by atoms with van der Waals surface area (Å²) in [5.74, 6) is -0.00463. The molecular weight excluding hydrogens is 410 g/mol. The third-order valence-corrected chi connectivity index (χ3v) is 6.43. The maximum Gasteiger partial charge on any atom is 0.243 e. The van der Waals surface area contributed by atoms with Gasteiger partial charge < -0.3 is 4.90 Å². The van der Waals surface area contributed by atoms with Crippen molar-refractivity contribution in [3.8, 4) is 0 Å². The predicted octanol–water partition coefficient (Wildman–Crippen LogP) is 0.964. The highest BCUT2D eigenvalue weighted by molar-refractivity contribution is 9.10. The van der Waals surface area contributed by atoms with Crippen LogP contribution in [0.15, 0.2) is 46.3 Å². The summed E-state index contributed by atoms with van der Waals surface area (Å²) in [6.45, 7) is 1.84. The van der Waals surface area contributed by atoms with Crippen LogP contribution >= 0.6 is 15.9 Å². The van der Waals surface area contributed by atoms with Crippen molar-refractivity contribution in [2.24, 2.45) is 0 Å². The molecule has 1 amide bonds. The zero-order chi connectivity index (χ0) is 17.9. The molecule has 0 radical (unpaired) electrons. The van der Waals surface area contributed by atoms with Crippen LogP contribution in [0.2, 0.25) is 0 Å². The molecule has 2 heterocycles. The van der Waals surface area contributed by atoms with Crippen LogP contribution in [0.25, 0.3) is 0 Å². The van der Waals surface area contributed by atoms with Crippen LogP contribution in [0.1, 0.15) is 6.42 Å². The average Bonchev–Trinajstić information content (AvgIpc) is 3.13. The maximum atomic E-state index is 12.7. The molecule has 3 rings (SSSR count). The first-order valence-corrected chi connectivity index (χ1v) is 10.1. The van der Waals surface area contributed by atoms with Crippen molar-refractivity contribution < 1.29 is 13.2 Å². The van der Waals surface area contributed by atoms with E-state index in [1.807, 2.05) is 0 Å². The molecule has 0 saturated carbocycles. The van der Waals surface area contributed by atoms with E-state index in [0.29, 0.717) is 39.1 Å². The van der Waals surface area contributed by atoms with Crippen molar-refractivity contribution in [1.29, 1.82) is 0 Å². The summed E-state index contributed by atoms with van der Waals surface area (Å²) in [5, 5.41) is 3.96. The van der Waals surface area contributed by atoms with E-state index in [9.17, 15) is 13.2 Å². The number of amides is 1. The highest BCUT2D eigenvalue weighted by Crippen LogP contribution is 2.21. The first-order valence-electron chi connectivity index (χ1n) is 7.83. The fraction of sp³-hybridized carbons (Fsp3) is 0.400. The van der Waals surface area contributed by atoms with Gasteiger partial charge in [0.15, 0.2) is 0 Å². The zero-order valence-corrected chi connectivity index (χ0v) is 15.9. The van der Waals surface area contributed by atoms with Crippen molar-refractivity contribution in [3.63, 3.8) is 0 Å². The predicted molar refractivity (Wildman–Crippen MR) is 94.1 cm³/mol. The molecule has 25 heavy (non-hydrogen) atoms. The van der Waals surface area contributed by atoms with E-state index in [1.54, 1.807) is 40.2 Å². The first-order chi connectivity index (χ1) is 12.0. The second kappa shape index (κ2) is 7.63. The molecule has 10 heteroatoms. The van der Waals surface area contributed by atoms with Gasteiger partial charge in [-0.25, -0.2) is 13.4 Å². The molecular formula is C15H18BrN5O3S. The van der Waals surface area contributed by atoms with Crippen molar-refractivity contribution in [3.05, 3.63) is 41.4 Å². The van der Waals surface area contributed by atoms with E-state index in [4.69, 9.17) is 0 Å². The molecule has 0 spiro atoms. The molecule has 0 N–H and O–H groups in total. The molecule has 1 aromatic heterocycles. The minimum Gasteiger partial charge on any atom is -0.340 e. The second-order valence-corrected chi connectivity index (χ2v) is 8.50. The van der Waals surface area contributed by atoms with Gasteiger partial charge in [-0.1, -0.05) is 22.0 Å². The number of piperazine rings is 1. The van der Waals surface area contributed by atoms with Gasteiger partial charge in [-0.3, -0.25) is 9.48 Å². The van der Waals surface area contributed by atoms with Gasteiger partial charge in [0.25, 0.3) is 0 Å². The zero-order valence-electron chi connectivity index (χ0n) is 13.5. The van der Waals surface area contributed by atoms with Crippen molar-refractivity contribution in [1.82, 2.24) is 24.0 Å². The van der Waals surface area contributed by atoms with E-state index in [2.05, 4.69) is 26.0 Å². The number of aryl methyl sites for hydroxylation is 1. The van der Waals surface area contributed by atoms with E-state index in [-0.39, 0.29) is 10.8 Å². The smallest absolute Gasteiger partial charge is 0.243 e. The third-order valence-electron chi connectivity index (χ3n) is 4.05. The summed E-state index contributed by atoms with van der Waals surface area (Å²) in [7, 11) is -3.54. The van der Waals surface area contributed by atoms with Gasteiger partial charge in [-0.15, -0.1) is 0 Å². The molecule has 8 nitrogen and oxygen atoms in total. The summed E-state index contributed by atoms with van der Waals surface area (Å²) in [4.78, 5) is 18.0. The maximum absolute atomic E-state index is 12.7. The standard InChI is InChI=1S/C15H18BrN5O3S/c16-13-2-1-3-14(10-13)25(23,24)21-8-6-19(7-9-21)15(22)4-5-20-12-17-11-18-20/h1-3,10-12H,4-9H2. The van der Waals surface area contributed by atoms with Crippen LogP contribution in [0.3, 0.4) is 0 Å². The van der Waals surface area contributed by atoms with Gasteiger partial charge in [0.2, 0.25) is 15.9 Å². The molecule has 1 aromatic carbocycles. The quantitative estimate of drug-likeness (QED) is 0.708. The average molecular weight is 428 g/mol. The number of halogens is 1. The highest BCUT2D eigenvalue weighted by Gasteiger charge is 2.30. The third kappa shape index (κ3) is 4.25.